The molecule has 1 heterocycles. The summed E-state index contributed by atoms with van der Waals surface area (Å²) in [5, 5.41) is 2.94. The number of urea groups is 1. The maximum Gasteiger partial charge on any atom is 0.327 e. The predicted octanol–water partition coefficient (Wildman–Crippen LogP) is 4.54. The largest absolute Gasteiger partial charge is 0.379 e. The number of carbonyl (C=O) groups is 3. The molecule has 1 N–H and O–H groups in total. The number of carbonyl (C=O) groups excluding carboxylic acids is 3. The zero-order valence-corrected chi connectivity index (χ0v) is 23.7. The zero-order chi connectivity index (χ0) is 28.1. The van der Waals surface area contributed by atoms with Crippen LogP contribution in [-0.2, 0) is 27.4 Å². The van der Waals surface area contributed by atoms with Gasteiger partial charge in [-0.25, -0.2) is 4.79 Å². The standard InChI is InChI=1S/C31H41N3O5/c1-20(2)14-15-32-29(35)23-12-10-22(11-13-23)18-34-30(36)25-16-27(38-4)28(39-5)17-26(25)33(31(34)37)19-24-9-7-6-8-21(24)3/h6-13,20,25-28H,14-19H2,1-5H3,(H,32,35). The average molecular weight is 536 g/mol. The molecule has 4 unspecified atom stereocenters. The minimum atomic E-state index is -0.380. The molecule has 1 aliphatic heterocycles. The van der Waals surface area contributed by atoms with Gasteiger partial charge < -0.3 is 19.7 Å². The van der Waals surface area contributed by atoms with Crippen LogP contribution in [0.5, 0.6) is 0 Å². The molecule has 1 saturated heterocycles. The number of ether oxygens (including phenoxy) is 2. The molecule has 0 spiro atoms. The van der Waals surface area contributed by atoms with Gasteiger partial charge in [0.1, 0.15) is 0 Å². The van der Waals surface area contributed by atoms with Crippen molar-refractivity contribution in [1.82, 2.24) is 15.1 Å². The summed E-state index contributed by atoms with van der Waals surface area (Å²) < 4.78 is 11.4. The first-order valence-corrected chi connectivity index (χ1v) is 13.8. The van der Waals surface area contributed by atoms with Crippen molar-refractivity contribution in [3.05, 3.63) is 70.8 Å². The molecule has 2 aromatic rings. The molecule has 2 aromatic carbocycles. The summed E-state index contributed by atoms with van der Waals surface area (Å²) in [6.45, 7) is 7.46. The average Bonchev–Trinajstić information content (AvgIpc) is 2.93. The molecule has 4 amide bonds. The lowest BCUT2D eigenvalue weighted by atomic mass is 9.77. The third kappa shape index (κ3) is 6.50. The van der Waals surface area contributed by atoms with Gasteiger partial charge in [0.2, 0.25) is 5.91 Å². The maximum atomic E-state index is 13.9. The Morgan fingerprint density at radius 3 is 2.28 bits per heavy atom. The van der Waals surface area contributed by atoms with E-state index in [0.717, 1.165) is 23.1 Å². The van der Waals surface area contributed by atoms with Gasteiger partial charge in [-0.2, -0.15) is 0 Å². The van der Waals surface area contributed by atoms with Crippen LogP contribution in [0, 0.1) is 18.8 Å². The summed E-state index contributed by atoms with van der Waals surface area (Å²) in [5.74, 6) is -0.173. The van der Waals surface area contributed by atoms with Crippen molar-refractivity contribution in [2.45, 2.75) is 71.4 Å². The van der Waals surface area contributed by atoms with Crippen LogP contribution in [0.1, 0.15) is 60.2 Å². The number of fused-ring (bicyclic) bond motifs is 1. The number of hydrogen-bond donors (Lipinski definition) is 1. The number of imide groups is 1. The van der Waals surface area contributed by atoms with Crippen LogP contribution in [0.4, 0.5) is 4.79 Å². The normalized spacial score (nSPS) is 23.2. The van der Waals surface area contributed by atoms with Crippen molar-refractivity contribution in [3.8, 4) is 0 Å². The minimum Gasteiger partial charge on any atom is -0.379 e. The van der Waals surface area contributed by atoms with E-state index in [4.69, 9.17) is 9.47 Å². The second-order valence-electron chi connectivity index (χ2n) is 11.1. The smallest absolute Gasteiger partial charge is 0.327 e. The van der Waals surface area contributed by atoms with Gasteiger partial charge in [-0.05, 0) is 60.9 Å². The van der Waals surface area contributed by atoms with Gasteiger partial charge >= 0.3 is 6.03 Å². The molecule has 210 valence electrons. The van der Waals surface area contributed by atoms with E-state index in [-0.39, 0.29) is 48.6 Å². The van der Waals surface area contributed by atoms with Gasteiger partial charge in [-0.15, -0.1) is 0 Å². The highest BCUT2D eigenvalue weighted by molar-refractivity contribution is 5.99. The van der Waals surface area contributed by atoms with Crippen molar-refractivity contribution in [3.63, 3.8) is 0 Å². The first kappa shape index (κ1) is 28.8. The fourth-order valence-electron chi connectivity index (χ4n) is 5.63. The highest BCUT2D eigenvalue weighted by Crippen LogP contribution is 2.38. The number of nitrogens with one attached hydrogen (secondary N) is 1. The van der Waals surface area contributed by atoms with E-state index < -0.39 is 0 Å². The third-order valence-corrected chi connectivity index (χ3v) is 8.07. The zero-order valence-electron chi connectivity index (χ0n) is 23.7. The molecule has 0 aromatic heterocycles. The number of aryl methyl sites for hydroxylation is 1. The summed E-state index contributed by atoms with van der Waals surface area (Å²) >= 11 is 0. The SMILES string of the molecule is COC1CC2C(=O)N(Cc3ccc(C(=O)NCCC(C)C)cc3)C(=O)N(Cc3ccccc3C)C2CC1OC. The first-order chi connectivity index (χ1) is 18.7. The number of benzene rings is 2. The maximum absolute atomic E-state index is 13.9. The van der Waals surface area contributed by atoms with E-state index in [1.807, 2.05) is 48.2 Å². The molecular weight excluding hydrogens is 494 g/mol. The van der Waals surface area contributed by atoms with Crippen LogP contribution in [0.25, 0.3) is 0 Å². The van der Waals surface area contributed by atoms with Crippen LogP contribution in [0.15, 0.2) is 48.5 Å². The van der Waals surface area contributed by atoms with E-state index in [2.05, 4.69) is 19.2 Å². The fourth-order valence-corrected chi connectivity index (χ4v) is 5.63. The molecule has 1 saturated carbocycles. The molecular formula is C31H41N3O5. The Morgan fingerprint density at radius 2 is 1.64 bits per heavy atom. The van der Waals surface area contributed by atoms with Crippen molar-refractivity contribution < 1.29 is 23.9 Å². The van der Waals surface area contributed by atoms with Gasteiger partial charge in [-0.1, -0.05) is 50.2 Å². The number of amides is 4. The molecule has 4 rings (SSSR count). The van der Waals surface area contributed by atoms with Gasteiger partial charge in [-0.3, -0.25) is 14.5 Å². The molecule has 1 aliphatic carbocycles. The summed E-state index contributed by atoms with van der Waals surface area (Å²) in [6.07, 6.45) is 1.53. The second-order valence-corrected chi connectivity index (χ2v) is 11.1. The molecule has 8 nitrogen and oxygen atoms in total. The van der Waals surface area contributed by atoms with Gasteiger partial charge in [0.15, 0.2) is 0 Å². The number of rotatable bonds is 10. The monoisotopic (exact) mass is 535 g/mol. The predicted molar refractivity (Wildman–Crippen MR) is 149 cm³/mol. The summed E-state index contributed by atoms with van der Waals surface area (Å²) in [6, 6.07) is 14.6. The van der Waals surface area contributed by atoms with Gasteiger partial charge in [0.25, 0.3) is 5.91 Å². The molecule has 39 heavy (non-hydrogen) atoms. The molecule has 8 heteroatoms. The minimum absolute atomic E-state index is 0.125. The molecule has 0 radical (unpaired) electrons. The molecule has 0 bridgehead atoms. The van der Waals surface area contributed by atoms with Crippen molar-refractivity contribution in [2.24, 2.45) is 11.8 Å². The lowest BCUT2D eigenvalue weighted by molar-refractivity contribution is -0.152. The van der Waals surface area contributed by atoms with Crippen LogP contribution in [0.2, 0.25) is 0 Å². The summed E-state index contributed by atoms with van der Waals surface area (Å²) in [7, 11) is 3.29. The Balaban J connectivity index is 1.55. The lowest BCUT2D eigenvalue weighted by Gasteiger charge is -2.50. The van der Waals surface area contributed by atoms with E-state index in [1.165, 1.54) is 4.90 Å². The first-order valence-electron chi connectivity index (χ1n) is 13.8. The van der Waals surface area contributed by atoms with Crippen LogP contribution < -0.4 is 5.32 Å². The van der Waals surface area contributed by atoms with E-state index in [1.54, 1.807) is 26.4 Å². The molecule has 4 atom stereocenters. The van der Waals surface area contributed by atoms with Gasteiger partial charge in [0, 0.05) is 38.9 Å². The van der Waals surface area contributed by atoms with E-state index in [0.29, 0.717) is 37.4 Å². The topological polar surface area (TPSA) is 88.2 Å². The summed E-state index contributed by atoms with van der Waals surface area (Å²) in [5.41, 5.74) is 3.50. The van der Waals surface area contributed by atoms with Crippen molar-refractivity contribution in [2.75, 3.05) is 20.8 Å². The Labute approximate surface area is 231 Å². The fraction of sp³-hybridized carbons (Fsp3) is 0.516. The Morgan fingerprint density at radius 1 is 0.974 bits per heavy atom. The van der Waals surface area contributed by atoms with Gasteiger partial charge in [0.05, 0.1) is 24.7 Å². The number of nitrogens with zero attached hydrogens (tertiary/aromatic N) is 2. The second kappa shape index (κ2) is 12.7. The Kier molecular flexibility index (Phi) is 9.40. The van der Waals surface area contributed by atoms with Crippen LogP contribution in [-0.4, -0.2) is 66.7 Å². The summed E-state index contributed by atoms with van der Waals surface area (Å²) in [4.78, 5) is 43.3. The third-order valence-electron chi connectivity index (χ3n) is 8.07. The molecule has 2 fully saturated rings. The number of methoxy groups -OCH3 is 2. The van der Waals surface area contributed by atoms with Crippen LogP contribution >= 0.6 is 0 Å². The lowest BCUT2D eigenvalue weighted by Crippen LogP contribution is -2.64. The Bertz CT molecular complexity index is 1170. The molecule has 2 aliphatic rings. The Hall–Kier alpha value is -3.23. The highest BCUT2D eigenvalue weighted by Gasteiger charge is 2.51. The van der Waals surface area contributed by atoms with E-state index in [9.17, 15) is 14.4 Å². The quantitative estimate of drug-likeness (QED) is 0.483. The van der Waals surface area contributed by atoms with Crippen molar-refractivity contribution in [1.29, 1.82) is 0 Å². The van der Waals surface area contributed by atoms with Crippen LogP contribution in [0.3, 0.4) is 0 Å². The highest BCUT2D eigenvalue weighted by atomic mass is 16.5. The number of hydrogen-bond acceptors (Lipinski definition) is 5. The van der Waals surface area contributed by atoms with E-state index >= 15 is 0 Å². The van der Waals surface area contributed by atoms with Crippen molar-refractivity contribution >= 4 is 17.8 Å².